The van der Waals surface area contributed by atoms with E-state index >= 15 is 0 Å². The van der Waals surface area contributed by atoms with Gasteiger partial charge in [0, 0.05) is 21.5 Å². The second kappa shape index (κ2) is 7.65. The Hall–Kier alpha value is -3.36. The first kappa shape index (κ1) is 20.5. The molecule has 32 heavy (non-hydrogen) atoms. The zero-order chi connectivity index (χ0) is 22.3. The average Bonchev–Trinajstić information content (AvgIpc) is 3.10. The molecule has 1 aliphatic heterocycles. The molecule has 5 rings (SSSR count). The first-order valence-electron chi connectivity index (χ1n) is 10.1. The van der Waals surface area contributed by atoms with Gasteiger partial charge >= 0.3 is 6.18 Å². The summed E-state index contributed by atoms with van der Waals surface area (Å²) >= 11 is 0. The molecule has 5 heteroatoms. The lowest BCUT2D eigenvalue weighted by molar-refractivity contribution is -0.137. The van der Waals surface area contributed by atoms with Crippen LogP contribution in [0, 0.1) is 0 Å². The minimum absolute atomic E-state index is 0.528. The van der Waals surface area contributed by atoms with E-state index in [-0.39, 0.29) is 0 Å². The molecule has 0 spiro atoms. The maximum atomic E-state index is 15.0. The van der Waals surface area contributed by atoms with Gasteiger partial charge in [-0.3, -0.25) is 0 Å². The van der Waals surface area contributed by atoms with Gasteiger partial charge in [-0.1, -0.05) is 97.1 Å². The summed E-state index contributed by atoms with van der Waals surface area (Å²) in [7, 11) is -3.32. The van der Waals surface area contributed by atoms with Crippen LogP contribution in [0.5, 0.6) is 0 Å². The van der Waals surface area contributed by atoms with Gasteiger partial charge in [-0.25, -0.2) is 0 Å². The molecule has 1 unspecified atom stereocenters. The van der Waals surface area contributed by atoms with Crippen LogP contribution in [0.4, 0.5) is 13.2 Å². The number of hydrogen-bond acceptors (Lipinski definition) is 1. The molecule has 0 saturated heterocycles. The number of fused-ring (bicyclic) bond motifs is 1. The molecule has 4 aromatic rings. The fourth-order valence-corrected chi connectivity index (χ4v) is 7.58. The van der Waals surface area contributed by atoms with Crippen molar-refractivity contribution in [2.24, 2.45) is 0 Å². The number of rotatable bonds is 3. The third-order valence-electron chi connectivity index (χ3n) is 5.73. The summed E-state index contributed by atoms with van der Waals surface area (Å²) in [6, 6.07) is 31.3. The summed E-state index contributed by atoms with van der Waals surface area (Å²) in [6.07, 6.45) is -4.43. The predicted octanol–water partition coefficient (Wildman–Crippen LogP) is 6.95. The first-order chi connectivity index (χ1) is 15.4. The van der Waals surface area contributed by atoms with Crippen molar-refractivity contribution in [1.82, 2.24) is 0 Å². The molecule has 4 aromatic carbocycles. The Morgan fingerprint density at radius 2 is 1.16 bits per heavy atom. The third-order valence-corrected chi connectivity index (χ3v) is 8.94. The molecule has 0 amide bonds. The summed E-state index contributed by atoms with van der Waals surface area (Å²) < 4.78 is 54.6. The summed E-state index contributed by atoms with van der Waals surface area (Å²) in [5.74, 6) is 0. The molecular formula is C27H18F3OP. The van der Waals surface area contributed by atoms with E-state index in [1.807, 2.05) is 84.9 Å². The molecule has 1 heterocycles. The van der Waals surface area contributed by atoms with Gasteiger partial charge in [0.25, 0.3) is 0 Å². The standard InChI is InChI=1S/C27H18F3OP/c28-27(29,30)21-17-15-20(16-18-21)26-25(19-9-3-1-4-10-19)23-13-7-8-14-24(23)32(26,31)22-11-5-2-6-12-22/h1-18H. The highest BCUT2D eigenvalue weighted by atomic mass is 31.2. The van der Waals surface area contributed by atoms with Crippen molar-refractivity contribution >= 4 is 28.6 Å². The van der Waals surface area contributed by atoms with Gasteiger partial charge in [0.15, 0.2) is 7.14 Å². The lowest BCUT2D eigenvalue weighted by atomic mass is 9.95. The normalized spacial score (nSPS) is 18.0. The van der Waals surface area contributed by atoms with E-state index in [1.165, 1.54) is 12.1 Å². The highest BCUT2D eigenvalue weighted by Crippen LogP contribution is 2.65. The van der Waals surface area contributed by atoms with Crippen LogP contribution in [0.25, 0.3) is 10.9 Å². The van der Waals surface area contributed by atoms with Crippen LogP contribution >= 0.6 is 7.14 Å². The van der Waals surface area contributed by atoms with Crippen molar-refractivity contribution < 1.29 is 17.7 Å². The SMILES string of the molecule is O=P1(c2ccccc2)C(c2ccc(C(F)(F)F)cc2)=C(c2ccccc2)c2ccccc21. The van der Waals surface area contributed by atoms with Crippen molar-refractivity contribution in [2.75, 3.05) is 0 Å². The monoisotopic (exact) mass is 446 g/mol. The van der Waals surface area contributed by atoms with Crippen LogP contribution in [0.3, 0.4) is 0 Å². The van der Waals surface area contributed by atoms with E-state index in [0.29, 0.717) is 21.5 Å². The van der Waals surface area contributed by atoms with Crippen molar-refractivity contribution in [1.29, 1.82) is 0 Å². The molecule has 1 atom stereocenters. The van der Waals surface area contributed by atoms with Crippen LogP contribution in [-0.4, -0.2) is 0 Å². The largest absolute Gasteiger partial charge is 0.416 e. The van der Waals surface area contributed by atoms with Crippen molar-refractivity contribution in [3.8, 4) is 0 Å². The van der Waals surface area contributed by atoms with Crippen molar-refractivity contribution in [3.05, 3.63) is 131 Å². The van der Waals surface area contributed by atoms with Crippen LogP contribution in [-0.2, 0) is 10.7 Å². The Kier molecular flexibility index (Phi) is 4.91. The Morgan fingerprint density at radius 3 is 1.78 bits per heavy atom. The molecule has 0 bridgehead atoms. The van der Waals surface area contributed by atoms with E-state index < -0.39 is 18.9 Å². The van der Waals surface area contributed by atoms with Gasteiger partial charge in [-0.05, 0) is 28.8 Å². The lowest BCUT2D eigenvalue weighted by Gasteiger charge is -2.20. The average molecular weight is 446 g/mol. The highest BCUT2D eigenvalue weighted by Gasteiger charge is 2.43. The van der Waals surface area contributed by atoms with Crippen LogP contribution in [0.2, 0.25) is 0 Å². The quantitative estimate of drug-likeness (QED) is 0.311. The van der Waals surface area contributed by atoms with E-state index in [4.69, 9.17) is 0 Å². The molecular weight excluding hydrogens is 428 g/mol. The zero-order valence-electron chi connectivity index (χ0n) is 16.9. The minimum Gasteiger partial charge on any atom is -0.309 e. The summed E-state index contributed by atoms with van der Waals surface area (Å²) in [4.78, 5) is 0. The molecule has 0 aromatic heterocycles. The summed E-state index contributed by atoms with van der Waals surface area (Å²) in [6.45, 7) is 0. The molecule has 158 valence electrons. The predicted molar refractivity (Wildman–Crippen MR) is 124 cm³/mol. The van der Waals surface area contributed by atoms with Crippen LogP contribution < -0.4 is 10.6 Å². The molecule has 0 fully saturated rings. The van der Waals surface area contributed by atoms with Gasteiger partial charge < -0.3 is 4.57 Å². The van der Waals surface area contributed by atoms with Gasteiger partial charge in [-0.15, -0.1) is 0 Å². The Balaban J connectivity index is 1.86. The van der Waals surface area contributed by atoms with Crippen LogP contribution in [0.1, 0.15) is 22.3 Å². The second-order valence-electron chi connectivity index (χ2n) is 7.63. The maximum absolute atomic E-state index is 15.0. The summed E-state index contributed by atoms with van der Waals surface area (Å²) in [5.41, 5.74) is 2.32. The molecule has 0 saturated carbocycles. The van der Waals surface area contributed by atoms with Crippen molar-refractivity contribution in [3.63, 3.8) is 0 Å². The van der Waals surface area contributed by atoms with Crippen molar-refractivity contribution in [2.45, 2.75) is 6.18 Å². The van der Waals surface area contributed by atoms with Gasteiger partial charge in [0.2, 0.25) is 0 Å². The Bertz CT molecular complexity index is 1360. The minimum atomic E-state index is -4.43. The molecule has 0 aliphatic carbocycles. The van der Waals surface area contributed by atoms with Crippen LogP contribution in [0.15, 0.2) is 109 Å². The fraction of sp³-hybridized carbons (Fsp3) is 0.0370. The van der Waals surface area contributed by atoms with E-state index in [1.54, 1.807) is 0 Å². The number of halogens is 3. The summed E-state index contributed by atoms with van der Waals surface area (Å²) in [5, 5.41) is 1.94. The molecule has 1 aliphatic rings. The smallest absolute Gasteiger partial charge is 0.309 e. The van der Waals surface area contributed by atoms with Gasteiger partial charge in [-0.2, -0.15) is 13.2 Å². The Morgan fingerprint density at radius 1 is 0.594 bits per heavy atom. The van der Waals surface area contributed by atoms with Gasteiger partial charge in [0.1, 0.15) is 0 Å². The van der Waals surface area contributed by atoms with Gasteiger partial charge in [0.05, 0.1) is 5.56 Å². The third kappa shape index (κ3) is 3.23. The van der Waals surface area contributed by atoms with E-state index in [0.717, 1.165) is 28.8 Å². The number of benzene rings is 4. The molecule has 0 radical (unpaired) electrons. The first-order valence-corrected chi connectivity index (χ1v) is 11.8. The lowest BCUT2D eigenvalue weighted by Crippen LogP contribution is -2.15. The number of hydrogen-bond donors (Lipinski definition) is 0. The molecule has 1 nitrogen and oxygen atoms in total. The second-order valence-corrected chi connectivity index (χ2v) is 10.3. The van der Waals surface area contributed by atoms with E-state index in [9.17, 15) is 17.7 Å². The topological polar surface area (TPSA) is 17.1 Å². The van der Waals surface area contributed by atoms with E-state index in [2.05, 4.69) is 0 Å². The number of alkyl halides is 3. The Labute approximate surface area is 184 Å². The molecule has 0 N–H and O–H groups in total. The fourth-order valence-electron chi connectivity index (χ4n) is 4.31. The highest BCUT2D eigenvalue weighted by molar-refractivity contribution is 7.88. The maximum Gasteiger partial charge on any atom is 0.416 e. The zero-order valence-corrected chi connectivity index (χ0v) is 17.8.